The third kappa shape index (κ3) is 5.49. The largest absolute Gasteiger partial charge is 0.469 e. The second-order valence-corrected chi connectivity index (χ2v) is 4.66. The Morgan fingerprint density at radius 3 is 2.78 bits per heavy atom. The minimum atomic E-state index is -0.161. The van der Waals surface area contributed by atoms with E-state index in [9.17, 15) is 9.59 Å². The first kappa shape index (κ1) is 15.0. The molecule has 0 aromatic rings. The molecule has 1 aliphatic heterocycles. The van der Waals surface area contributed by atoms with Crippen molar-refractivity contribution in [3.8, 4) is 0 Å². The van der Waals surface area contributed by atoms with Gasteiger partial charge in [-0.05, 0) is 38.6 Å². The molecule has 0 amide bonds. The van der Waals surface area contributed by atoms with E-state index in [2.05, 4.69) is 9.64 Å². The van der Waals surface area contributed by atoms with Crippen LogP contribution in [0.4, 0.5) is 0 Å². The van der Waals surface area contributed by atoms with Crippen LogP contribution in [0.2, 0.25) is 0 Å². The Bertz CT molecular complexity index is 280. The quantitative estimate of drug-likeness (QED) is 0.670. The lowest BCUT2D eigenvalue weighted by Crippen LogP contribution is -2.39. The van der Waals surface area contributed by atoms with Crippen LogP contribution in [0.1, 0.15) is 32.6 Å². The molecular weight excluding hydrogens is 234 g/mol. The summed E-state index contributed by atoms with van der Waals surface area (Å²) in [6.07, 6.45) is 3.50. The molecule has 1 atom stereocenters. The first-order valence-electron chi connectivity index (χ1n) is 6.60. The van der Waals surface area contributed by atoms with Gasteiger partial charge in [-0.25, -0.2) is 0 Å². The Kier molecular flexibility index (Phi) is 6.72. The van der Waals surface area contributed by atoms with Gasteiger partial charge in [0, 0.05) is 13.0 Å². The van der Waals surface area contributed by atoms with E-state index in [1.807, 2.05) is 6.92 Å². The van der Waals surface area contributed by atoms with Crippen molar-refractivity contribution in [1.82, 2.24) is 4.90 Å². The van der Waals surface area contributed by atoms with Gasteiger partial charge in [0.25, 0.3) is 0 Å². The first-order valence-corrected chi connectivity index (χ1v) is 6.60. The lowest BCUT2D eigenvalue weighted by atomic mass is 9.93. The number of ether oxygens (including phenoxy) is 2. The van der Waals surface area contributed by atoms with E-state index in [-0.39, 0.29) is 11.9 Å². The van der Waals surface area contributed by atoms with Gasteiger partial charge in [0.05, 0.1) is 20.3 Å². The highest BCUT2D eigenvalue weighted by molar-refractivity contribution is 5.71. The van der Waals surface area contributed by atoms with Gasteiger partial charge in [-0.3, -0.25) is 14.5 Å². The van der Waals surface area contributed by atoms with Crippen LogP contribution in [0.25, 0.3) is 0 Å². The lowest BCUT2D eigenvalue weighted by molar-refractivity contribution is -0.145. The molecule has 0 aliphatic carbocycles. The smallest absolute Gasteiger partial charge is 0.320 e. The Morgan fingerprint density at radius 1 is 1.33 bits per heavy atom. The molecule has 0 aromatic heterocycles. The number of hydrogen-bond donors (Lipinski definition) is 0. The van der Waals surface area contributed by atoms with Crippen LogP contribution < -0.4 is 0 Å². The van der Waals surface area contributed by atoms with Gasteiger partial charge in [0.15, 0.2) is 0 Å². The molecular formula is C13H23NO4. The minimum Gasteiger partial charge on any atom is -0.469 e. The van der Waals surface area contributed by atoms with Crippen molar-refractivity contribution in [3.05, 3.63) is 0 Å². The number of rotatable bonds is 6. The van der Waals surface area contributed by atoms with Crippen LogP contribution in [-0.4, -0.2) is 50.2 Å². The third-order valence-corrected chi connectivity index (χ3v) is 3.25. The standard InChI is InChI=1S/C13H23NO4/c1-3-18-13(16)10-14-8-4-5-11(9-14)6-7-12(15)17-2/h11H,3-10H2,1-2H3. The van der Waals surface area contributed by atoms with Crippen LogP contribution in [-0.2, 0) is 19.1 Å². The molecule has 1 fully saturated rings. The maximum Gasteiger partial charge on any atom is 0.320 e. The number of esters is 2. The highest BCUT2D eigenvalue weighted by Crippen LogP contribution is 2.21. The van der Waals surface area contributed by atoms with Crippen molar-refractivity contribution >= 4 is 11.9 Å². The fourth-order valence-electron chi connectivity index (χ4n) is 2.34. The summed E-state index contributed by atoms with van der Waals surface area (Å²) >= 11 is 0. The van der Waals surface area contributed by atoms with Crippen LogP contribution in [0.5, 0.6) is 0 Å². The van der Waals surface area contributed by atoms with E-state index in [0.29, 0.717) is 25.5 Å². The van der Waals surface area contributed by atoms with Crippen LogP contribution in [0.3, 0.4) is 0 Å². The van der Waals surface area contributed by atoms with Crippen molar-refractivity contribution in [3.63, 3.8) is 0 Å². The zero-order chi connectivity index (χ0) is 13.4. The number of piperidine rings is 1. The van der Waals surface area contributed by atoms with Gasteiger partial charge in [-0.1, -0.05) is 0 Å². The van der Waals surface area contributed by atoms with Gasteiger partial charge in [-0.2, -0.15) is 0 Å². The summed E-state index contributed by atoms with van der Waals surface area (Å²) in [4.78, 5) is 24.6. The van der Waals surface area contributed by atoms with E-state index in [0.717, 1.165) is 32.4 Å². The molecule has 18 heavy (non-hydrogen) atoms. The molecule has 5 heteroatoms. The fourth-order valence-corrected chi connectivity index (χ4v) is 2.34. The monoisotopic (exact) mass is 257 g/mol. The molecule has 0 N–H and O–H groups in total. The molecule has 1 aliphatic rings. The molecule has 0 bridgehead atoms. The van der Waals surface area contributed by atoms with Crippen molar-refractivity contribution in [2.45, 2.75) is 32.6 Å². The highest BCUT2D eigenvalue weighted by Gasteiger charge is 2.22. The molecule has 1 unspecified atom stereocenters. The molecule has 0 radical (unpaired) electrons. The van der Waals surface area contributed by atoms with Gasteiger partial charge < -0.3 is 9.47 Å². The summed E-state index contributed by atoms with van der Waals surface area (Å²) in [7, 11) is 1.41. The summed E-state index contributed by atoms with van der Waals surface area (Å²) in [6.45, 7) is 4.41. The predicted octanol–water partition coefficient (Wildman–Crippen LogP) is 1.21. The minimum absolute atomic E-state index is 0.155. The zero-order valence-electron chi connectivity index (χ0n) is 11.3. The summed E-state index contributed by atoms with van der Waals surface area (Å²) in [5.74, 6) is 0.163. The Labute approximate surface area is 108 Å². The average Bonchev–Trinajstić information content (AvgIpc) is 2.36. The summed E-state index contributed by atoms with van der Waals surface area (Å²) < 4.78 is 9.58. The SMILES string of the molecule is CCOC(=O)CN1CCCC(CCC(=O)OC)C1. The molecule has 1 rings (SSSR count). The summed E-state index contributed by atoms with van der Waals surface area (Å²) in [5.41, 5.74) is 0. The Balaban J connectivity index is 2.27. The van der Waals surface area contributed by atoms with Crippen LogP contribution in [0, 0.1) is 5.92 Å². The van der Waals surface area contributed by atoms with E-state index in [1.54, 1.807) is 0 Å². The highest BCUT2D eigenvalue weighted by atomic mass is 16.5. The van der Waals surface area contributed by atoms with Crippen molar-refractivity contribution < 1.29 is 19.1 Å². The van der Waals surface area contributed by atoms with E-state index < -0.39 is 0 Å². The molecule has 0 spiro atoms. The second-order valence-electron chi connectivity index (χ2n) is 4.66. The lowest BCUT2D eigenvalue weighted by Gasteiger charge is -2.31. The van der Waals surface area contributed by atoms with Crippen molar-refractivity contribution in [2.24, 2.45) is 5.92 Å². The zero-order valence-corrected chi connectivity index (χ0v) is 11.3. The van der Waals surface area contributed by atoms with Gasteiger partial charge in [0.2, 0.25) is 0 Å². The van der Waals surface area contributed by atoms with Crippen LogP contribution >= 0.6 is 0 Å². The second kappa shape index (κ2) is 8.08. The molecule has 1 heterocycles. The summed E-state index contributed by atoms with van der Waals surface area (Å²) in [6, 6.07) is 0. The molecule has 1 saturated heterocycles. The number of likely N-dealkylation sites (tertiary alicyclic amines) is 1. The van der Waals surface area contributed by atoms with Gasteiger partial charge >= 0.3 is 11.9 Å². The van der Waals surface area contributed by atoms with E-state index in [4.69, 9.17) is 4.74 Å². The van der Waals surface area contributed by atoms with Crippen molar-refractivity contribution in [1.29, 1.82) is 0 Å². The van der Waals surface area contributed by atoms with Crippen molar-refractivity contribution in [2.75, 3.05) is 33.4 Å². The average molecular weight is 257 g/mol. The number of nitrogens with zero attached hydrogens (tertiary/aromatic N) is 1. The molecule has 0 aromatic carbocycles. The maximum atomic E-state index is 11.4. The van der Waals surface area contributed by atoms with E-state index >= 15 is 0 Å². The van der Waals surface area contributed by atoms with E-state index in [1.165, 1.54) is 7.11 Å². The van der Waals surface area contributed by atoms with Crippen LogP contribution in [0.15, 0.2) is 0 Å². The maximum absolute atomic E-state index is 11.4. The fraction of sp³-hybridized carbons (Fsp3) is 0.846. The molecule has 5 nitrogen and oxygen atoms in total. The topological polar surface area (TPSA) is 55.8 Å². The van der Waals surface area contributed by atoms with Gasteiger partial charge in [0.1, 0.15) is 0 Å². The Morgan fingerprint density at radius 2 is 2.11 bits per heavy atom. The number of methoxy groups -OCH3 is 1. The number of hydrogen-bond acceptors (Lipinski definition) is 5. The first-order chi connectivity index (χ1) is 8.65. The Hall–Kier alpha value is -1.10. The third-order valence-electron chi connectivity index (χ3n) is 3.25. The molecule has 104 valence electrons. The van der Waals surface area contributed by atoms with Gasteiger partial charge in [-0.15, -0.1) is 0 Å². The summed E-state index contributed by atoms with van der Waals surface area (Å²) in [5, 5.41) is 0. The predicted molar refractivity (Wildman–Crippen MR) is 67.0 cm³/mol. The number of carbonyl (C=O) groups excluding carboxylic acids is 2. The normalized spacial score (nSPS) is 20.4. The molecule has 0 saturated carbocycles. The number of carbonyl (C=O) groups is 2.